The summed E-state index contributed by atoms with van der Waals surface area (Å²) in [6, 6.07) is 0. The zero-order valence-electron chi connectivity index (χ0n) is 8.46. The van der Waals surface area contributed by atoms with E-state index in [1.54, 1.807) is 0 Å². The summed E-state index contributed by atoms with van der Waals surface area (Å²) >= 11 is 0. The van der Waals surface area contributed by atoms with Crippen molar-refractivity contribution in [1.82, 2.24) is 0 Å². The van der Waals surface area contributed by atoms with E-state index < -0.39 is 39.8 Å². The number of ether oxygens (including phenoxy) is 1. The monoisotopic (exact) mass is 304 g/mol. The molecule has 0 atom stereocenters. The number of hydrogen-bond acceptors (Lipinski definition) is 4. The number of carbonyl (C=O) groups excluding carboxylic acids is 1. The second-order valence-electron chi connectivity index (χ2n) is 3.08. The van der Waals surface area contributed by atoms with Crippen LogP contribution in [0.2, 0.25) is 0 Å². The van der Waals surface area contributed by atoms with Gasteiger partial charge in [0.25, 0.3) is 10.1 Å². The van der Waals surface area contributed by atoms with Crippen LogP contribution in [0, 0.1) is 0 Å². The van der Waals surface area contributed by atoms with Crippen molar-refractivity contribution in [2.45, 2.75) is 24.0 Å². The van der Waals surface area contributed by atoms with Crippen molar-refractivity contribution in [1.29, 1.82) is 0 Å². The maximum absolute atomic E-state index is 12.4. The summed E-state index contributed by atoms with van der Waals surface area (Å²) in [7, 11) is -6.66. The fourth-order valence-electron chi connectivity index (χ4n) is 0.895. The third-order valence-electron chi connectivity index (χ3n) is 1.83. The van der Waals surface area contributed by atoms with Gasteiger partial charge in [0, 0.05) is 6.92 Å². The molecule has 0 fully saturated rings. The minimum atomic E-state index is -6.66. The Labute approximate surface area is 96.5 Å². The highest BCUT2D eigenvalue weighted by Gasteiger charge is 2.79. The van der Waals surface area contributed by atoms with E-state index in [9.17, 15) is 39.6 Å². The van der Waals surface area contributed by atoms with E-state index in [0.717, 1.165) is 0 Å². The smallest absolute Gasteiger partial charge is 0.423 e. The predicted molar refractivity (Wildman–Crippen MR) is 43.0 cm³/mol. The highest BCUT2D eigenvalue weighted by Crippen LogP contribution is 2.48. The van der Waals surface area contributed by atoms with E-state index in [2.05, 4.69) is 4.74 Å². The number of alkyl halides is 6. The van der Waals surface area contributed by atoms with Gasteiger partial charge in [-0.2, -0.15) is 34.8 Å². The minimum Gasteiger partial charge on any atom is -0.463 e. The Bertz CT molecular complexity index is 407. The van der Waals surface area contributed by atoms with Crippen LogP contribution >= 0.6 is 0 Å². The first-order chi connectivity index (χ1) is 7.67. The topological polar surface area (TPSA) is 80.7 Å². The molecule has 0 aliphatic rings. The van der Waals surface area contributed by atoms with E-state index in [-0.39, 0.29) is 0 Å². The molecule has 0 aromatic heterocycles. The Kier molecular flexibility index (Phi) is 4.31. The summed E-state index contributed by atoms with van der Waals surface area (Å²) in [4.78, 5) is 10.2. The van der Waals surface area contributed by atoms with E-state index in [1.165, 1.54) is 0 Å². The second-order valence-corrected chi connectivity index (χ2v) is 4.72. The van der Waals surface area contributed by atoms with Crippen molar-refractivity contribution in [3.63, 3.8) is 0 Å². The lowest BCUT2D eigenvalue weighted by molar-refractivity contribution is -0.277. The highest BCUT2D eigenvalue weighted by molar-refractivity contribution is 7.87. The first kappa shape index (κ1) is 17.0. The van der Waals surface area contributed by atoms with Crippen molar-refractivity contribution in [2.75, 3.05) is 6.61 Å². The van der Waals surface area contributed by atoms with E-state index in [1.807, 2.05) is 0 Å². The van der Waals surface area contributed by atoms with Crippen molar-refractivity contribution >= 4 is 16.1 Å². The number of halogens is 6. The quantitative estimate of drug-likeness (QED) is 0.483. The molecule has 12 heteroatoms. The van der Waals surface area contributed by atoms with Gasteiger partial charge in [-0.25, -0.2) is 0 Å². The molecule has 0 saturated carbocycles. The van der Waals surface area contributed by atoms with Gasteiger partial charge in [-0.3, -0.25) is 9.35 Å². The maximum Gasteiger partial charge on any atom is 0.423 e. The zero-order valence-corrected chi connectivity index (χ0v) is 9.28. The van der Waals surface area contributed by atoms with Crippen molar-refractivity contribution in [3.8, 4) is 0 Å². The lowest BCUT2D eigenvalue weighted by atomic mass is 10.1. The molecule has 0 aliphatic heterocycles. The molecule has 108 valence electrons. The SMILES string of the molecule is CC(=O)OCC(C(F)(F)F)(C(F)(F)F)S(=O)(=O)O. The molecular formula is C6H6F6O5S. The summed E-state index contributed by atoms with van der Waals surface area (Å²) in [6.07, 6.45) is -12.8. The summed E-state index contributed by atoms with van der Waals surface area (Å²) < 4.78 is 101. The first-order valence-electron chi connectivity index (χ1n) is 3.90. The molecule has 0 amide bonds. The van der Waals surface area contributed by atoms with Gasteiger partial charge in [0.15, 0.2) is 0 Å². The van der Waals surface area contributed by atoms with Gasteiger partial charge >= 0.3 is 23.1 Å². The van der Waals surface area contributed by atoms with Crippen LogP contribution in [-0.2, 0) is 19.6 Å². The average molecular weight is 304 g/mol. The average Bonchev–Trinajstić information content (AvgIpc) is 1.94. The summed E-state index contributed by atoms with van der Waals surface area (Å²) in [5, 5.41) is 0. The number of rotatable bonds is 3. The molecule has 0 aromatic carbocycles. The summed E-state index contributed by atoms with van der Waals surface area (Å²) in [5.74, 6) is -1.57. The van der Waals surface area contributed by atoms with Crippen LogP contribution in [0.25, 0.3) is 0 Å². The van der Waals surface area contributed by atoms with Crippen LogP contribution in [0.3, 0.4) is 0 Å². The van der Waals surface area contributed by atoms with Gasteiger partial charge in [0.2, 0.25) is 0 Å². The Morgan fingerprint density at radius 3 is 1.61 bits per heavy atom. The van der Waals surface area contributed by atoms with Crippen LogP contribution in [0.4, 0.5) is 26.3 Å². The number of esters is 1. The van der Waals surface area contributed by atoms with E-state index in [4.69, 9.17) is 4.55 Å². The van der Waals surface area contributed by atoms with Crippen LogP contribution in [0.15, 0.2) is 0 Å². The Hall–Kier alpha value is -1.04. The van der Waals surface area contributed by atoms with Gasteiger partial charge in [-0.05, 0) is 0 Å². The van der Waals surface area contributed by atoms with E-state index in [0.29, 0.717) is 6.92 Å². The molecule has 0 rings (SSSR count). The molecular weight excluding hydrogens is 298 g/mol. The molecule has 0 saturated heterocycles. The molecule has 5 nitrogen and oxygen atoms in total. The molecule has 0 radical (unpaired) electrons. The van der Waals surface area contributed by atoms with Crippen molar-refractivity contribution < 1.29 is 48.8 Å². The number of carbonyl (C=O) groups is 1. The summed E-state index contributed by atoms with van der Waals surface area (Å²) in [5.41, 5.74) is 0. The molecule has 0 aliphatic carbocycles. The fourth-order valence-corrected chi connectivity index (χ4v) is 1.69. The van der Waals surface area contributed by atoms with Gasteiger partial charge in [-0.15, -0.1) is 0 Å². The zero-order chi connectivity index (χ0) is 15.0. The Morgan fingerprint density at radius 1 is 1.11 bits per heavy atom. The molecule has 1 N–H and O–H groups in total. The molecule has 18 heavy (non-hydrogen) atoms. The van der Waals surface area contributed by atoms with Crippen LogP contribution in [0.1, 0.15) is 6.92 Å². The third kappa shape index (κ3) is 2.85. The Morgan fingerprint density at radius 2 is 1.44 bits per heavy atom. The fraction of sp³-hybridized carbons (Fsp3) is 0.833. The molecule has 0 bridgehead atoms. The standard InChI is InChI=1S/C6H6F6O5S/c1-3(13)17-2-4(5(7,8)9,6(10,11)12)18(14,15)16/h2H2,1H3,(H,14,15,16). The largest absolute Gasteiger partial charge is 0.463 e. The highest BCUT2D eigenvalue weighted by atomic mass is 32.2. The third-order valence-corrected chi connectivity index (χ3v) is 3.30. The second kappa shape index (κ2) is 4.57. The summed E-state index contributed by atoms with van der Waals surface area (Å²) in [6.45, 7) is -2.14. The lowest BCUT2D eigenvalue weighted by Crippen LogP contribution is -2.64. The van der Waals surface area contributed by atoms with Gasteiger partial charge < -0.3 is 4.74 Å². The van der Waals surface area contributed by atoms with Crippen molar-refractivity contribution in [3.05, 3.63) is 0 Å². The molecule has 0 spiro atoms. The normalized spacial score (nSPS) is 14.4. The lowest BCUT2D eigenvalue weighted by Gasteiger charge is -2.33. The first-order valence-corrected chi connectivity index (χ1v) is 5.34. The van der Waals surface area contributed by atoms with Gasteiger partial charge in [0.05, 0.1) is 0 Å². The number of hydrogen-bond donors (Lipinski definition) is 1. The molecule has 0 aromatic rings. The van der Waals surface area contributed by atoms with Gasteiger partial charge in [-0.1, -0.05) is 0 Å². The minimum absolute atomic E-state index is 0.474. The van der Waals surface area contributed by atoms with Crippen LogP contribution in [0.5, 0.6) is 0 Å². The van der Waals surface area contributed by atoms with Gasteiger partial charge in [0.1, 0.15) is 6.61 Å². The van der Waals surface area contributed by atoms with Crippen molar-refractivity contribution in [2.24, 2.45) is 0 Å². The predicted octanol–water partition coefficient (Wildman–Crippen LogP) is 1.30. The maximum atomic E-state index is 12.4. The Balaban J connectivity index is 6.01. The van der Waals surface area contributed by atoms with Crippen LogP contribution in [-0.4, -0.2) is 42.6 Å². The molecule has 0 heterocycles. The van der Waals surface area contributed by atoms with Crippen LogP contribution < -0.4 is 0 Å². The van der Waals surface area contributed by atoms with E-state index >= 15 is 0 Å². The molecule has 0 unspecified atom stereocenters.